The standard InChI is InChI=1S/C9H11FN2O4S/c10-17(14,15)8-3-9(13)12(5-8)2-1-7-4-11-6-16-7/h4,6,8H,1-3,5H2. The minimum atomic E-state index is -4.64. The summed E-state index contributed by atoms with van der Waals surface area (Å²) in [5, 5.41) is -1.23. The van der Waals surface area contributed by atoms with Crippen LogP contribution in [0.15, 0.2) is 17.0 Å². The summed E-state index contributed by atoms with van der Waals surface area (Å²) < 4.78 is 39.1. The Morgan fingerprint density at radius 2 is 2.35 bits per heavy atom. The van der Waals surface area contributed by atoms with Crippen molar-refractivity contribution < 1.29 is 21.5 Å². The summed E-state index contributed by atoms with van der Waals surface area (Å²) in [7, 11) is -4.64. The van der Waals surface area contributed by atoms with E-state index >= 15 is 0 Å². The summed E-state index contributed by atoms with van der Waals surface area (Å²) in [5.41, 5.74) is 0. The van der Waals surface area contributed by atoms with Crippen LogP contribution in [0.3, 0.4) is 0 Å². The van der Waals surface area contributed by atoms with Gasteiger partial charge in [0.25, 0.3) is 0 Å². The molecule has 0 saturated carbocycles. The van der Waals surface area contributed by atoms with Gasteiger partial charge in [-0.25, -0.2) is 4.98 Å². The van der Waals surface area contributed by atoms with E-state index in [1.165, 1.54) is 17.5 Å². The van der Waals surface area contributed by atoms with E-state index < -0.39 is 15.5 Å². The number of aromatic nitrogens is 1. The van der Waals surface area contributed by atoms with E-state index in [0.29, 0.717) is 18.7 Å². The second-order valence-electron chi connectivity index (χ2n) is 3.86. The molecular weight excluding hydrogens is 251 g/mol. The largest absolute Gasteiger partial charge is 0.448 e. The number of rotatable bonds is 4. The highest BCUT2D eigenvalue weighted by Gasteiger charge is 2.38. The molecule has 1 amide bonds. The van der Waals surface area contributed by atoms with E-state index in [0.717, 1.165) is 0 Å². The molecule has 2 heterocycles. The molecule has 1 unspecified atom stereocenters. The topological polar surface area (TPSA) is 80.5 Å². The van der Waals surface area contributed by atoms with Crippen molar-refractivity contribution in [1.82, 2.24) is 9.88 Å². The molecule has 6 nitrogen and oxygen atoms in total. The molecule has 0 aromatic carbocycles. The minimum Gasteiger partial charge on any atom is -0.448 e. The molecule has 0 bridgehead atoms. The Bertz CT molecular complexity index is 499. The third-order valence-electron chi connectivity index (χ3n) is 2.69. The van der Waals surface area contributed by atoms with Gasteiger partial charge in [0.2, 0.25) is 5.91 Å². The third kappa shape index (κ3) is 2.82. The summed E-state index contributed by atoms with van der Waals surface area (Å²) >= 11 is 0. The van der Waals surface area contributed by atoms with Crippen LogP contribution < -0.4 is 0 Å². The quantitative estimate of drug-likeness (QED) is 0.720. The van der Waals surface area contributed by atoms with Gasteiger partial charge >= 0.3 is 10.2 Å². The van der Waals surface area contributed by atoms with Crippen molar-refractivity contribution in [3.8, 4) is 0 Å². The minimum absolute atomic E-state index is 0.0915. The molecule has 0 radical (unpaired) electrons. The molecule has 2 rings (SSSR count). The zero-order valence-electron chi connectivity index (χ0n) is 8.87. The van der Waals surface area contributed by atoms with Crippen molar-refractivity contribution in [2.75, 3.05) is 13.1 Å². The summed E-state index contributed by atoms with van der Waals surface area (Å²) in [4.78, 5) is 16.5. The molecular formula is C9H11FN2O4S. The van der Waals surface area contributed by atoms with Crippen LogP contribution in [-0.2, 0) is 21.4 Å². The van der Waals surface area contributed by atoms with Crippen molar-refractivity contribution in [3.05, 3.63) is 18.4 Å². The molecule has 1 aromatic heterocycles. The SMILES string of the molecule is O=C1CC(S(=O)(=O)F)CN1CCc1cnco1. The van der Waals surface area contributed by atoms with Crippen molar-refractivity contribution >= 4 is 16.1 Å². The Hall–Kier alpha value is -1.44. The monoisotopic (exact) mass is 262 g/mol. The first kappa shape index (κ1) is 12.0. The second kappa shape index (κ2) is 4.44. The fourth-order valence-corrected chi connectivity index (χ4v) is 2.45. The van der Waals surface area contributed by atoms with E-state index in [-0.39, 0.29) is 18.9 Å². The van der Waals surface area contributed by atoms with Gasteiger partial charge in [-0.15, -0.1) is 3.89 Å². The van der Waals surface area contributed by atoms with Gasteiger partial charge in [-0.1, -0.05) is 0 Å². The molecule has 0 N–H and O–H groups in total. The van der Waals surface area contributed by atoms with Gasteiger partial charge in [-0.2, -0.15) is 8.42 Å². The Labute approximate surface area is 97.6 Å². The van der Waals surface area contributed by atoms with Crippen LogP contribution in [0.1, 0.15) is 12.2 Å². The molecule has 17 heavy (non-hydrogen) atoms. The van der Waals surface area contributed by atoms with Gasteiger partial charge in [-0.05, 0) is 0 Å². The average molecular weight is 262 g/mol. The predicted molar refractivity (Wildman–Crippen MR) is 55.2 cm³/mol. The first-order valence-electron chi connectivity index (χ1n) is 5.05. The van der Waals surface area contributed by atoms with E-state index in [1.54, 1.807) is 0 Å². The maximum atomic E-state index is 12.7. The molecule has 1 aliphatic rings. The van der Waals surface area contributed by atoms with Crippen LogP contribution >= 0.6 is 0 Å². The summed E-state index contributed by atoms with van der Waals surface area (Å²) in [6.07, 6.45) is 2.94. The van der Waals surface area contributed by atoms with Gasteiger partial charge in [0.05, 0.1) is 6.20 Å². The van der Waals surface area contributed by atoms with Crippen LogP contribution in [0, 0.1) is 0 Å². The van der Waals surface area contributed by atoms with E-state index in [4.69, 9.17) is 4.42 Å². The van der Waals surface area contributed by atoms with Crippen molar-refractivity contribution in [3.63, 3.8) is 0 Å². The fourth-order valence-electron chi connectivity index (χ4n) is 1.75. The van der Waals surface area contributed by atoms with Crippen molar-refractivity contribution in [2.45, 2.75) is 18.1 Å². The Morgan fingerprint density at radius 3 is 2.88 bits per heavy atom. The average Bonchev–Trinajstić information content (AvgIpc) is 2.83. The first-order valence-corrected chi connectivity index (χ1v) is 6.50. The molecule has 0 aliphatic carbocycles. The number of nitrogens with zero attached hydrogens (tertiary/aromatic N) is 2. The maximum absolute atomic E-state index is 12.7. The first-order chi connectivity index (χ1) is 7.97. The molecule has 1 aliphatic heterocycles. The highest BCUT2D eigenvalue weighted by Crippen LogP contribution is 2.19. The fraction of sp³-hybridized carbons (Fsp3) is 0.556. The Kier molecular flexibility index (Phi) is 3.14. The van der Waals surface area contributed by atoms with Crippen molar-refractivity contribution in [2.24, 2.45) is 0 Å². The lowest BCUT2D eigenvalue weighted by Gasteiger charge is -2.14. The third-order valence-corrected chi connectivity index (χ3v) is 3.80. The van der Waals surface area contributed by atoms with E-state index in [2.05, 4.69) is 4.98 Å². The molecule has 0 spiro atoms. The molecule has 8 heteroatoms. The zero-order chi connectivity index (χ0) is 12.5. The number of carbonyl (C=O) groups excluding carboxylic acids is 1. The normalized spacial score (nSPS) is 21.1. The number of halogens is 1. The van der Waals surface area contributed by atoms with Crippen LogP contribution in [0.2, 0.25) is 0 Å². The van der Waals surface area contributed by atoms with Crippen molar-refractivity contribution in [1.29, 1.82) is 0 Å². The van der Waals surface area contributed by atoms with Crippen LogP contribution in [0.4, 0.5) is 3.89 Å². The highest BCUT2D eigenvalue weighted by atomic mass is 32.3. The highest BCUT2D eigenvalue weighted by molar-refractivity contribution is 7.87. The predicted octanol–water partition coefficient (Wildman–Crippen LogP) is 0.117. The van der Waals surface area contributed by atoms with Crippen LogP contribution in [0.25, 0.3) is 0 Å². The molecule has 1 atom stereocenters. The van der Waals surface area contributed by atoms with Crippen LogP contribution in [-0.4, -0.2) is 42.5 Å². The number of oxazole rings is 1. The van der Waals surface area contributed by atoms with Gasteiger partial charge in [0.15, 0.2) is 6.39 Å². The molecule has 1 aromatic rings. The number of hydrogen-bond acceptors (Lipinski definition) is 5. The number of likely N-dealkylation sites (tertiary alicyclic amines) is 1. The smallest absolute Gasteiger partial charge is 0.307 e. The lowest BCUT2D eigenvalue weighted by Crippen LogP contribution is -2.29. The van der Waals surface area contributed by atoms with E-state index in [1.807, 2.05) is 0 Å². The number of hydrogen-bond donors (Lipinski definition) is 0. The van der Waals surface area contributed by atoms with Gasteiger partial charge < -0.3 is 9.32 Å². The molecule has 1 saturated heterocycles. The summed E-state index contributed by atoms with van der Waals surface area (Å²) in [6, 6.07) is 0. The maximum Gasteiger partial charge on any atom is 0.307 e. The van der Waals surface area contributed by atoms with E-state index in [9.17, 15) is 17.1 Å². The Balaban J connectivity index is 1.93. The lowest BCUT2D eigenvalue weighted by molar-refractivity contribution is -0.127. The van der Waals surface area contributed by atoms with Gasteiger partial charge in [-0.3, -0.25) is 4.79 Å². The zero-order valence-corrected chi connectivity index (χ0v) is 9.69. The lowest BCUT2D eigenvalue weighted by atomic mass is 10.3. The van der Waals surface area contributed by atoms with Gasteiger partial charge in [0.1, 0.15) is 11.0 Å². The van der Waals surface area contributed by atoms with Crippen LogP contribution in [0.5, 0.6) is 0 Å². The molecule has 94 valence electrons. The molecule has 1 fully saturated rings. The van der Waals surface area contributed by atoms with Gasteiger partial charge in [0, 0.05) is 25.9 Å². The summed E-state index contributed by atoms with van der Waals surface area (Å²) in [6.45, 7) is 0.214. The number of carbonyl (C=O) groups is 1. The second-order valence-corrected chi connectivity index (χ2v) is 5.48. The number of amides is 1. The summed E-state index contributed by atoms with van der Waals surface area (Å²) in [5.74, 6) is 0.250. The Morgan fingerprint density at radius 1 is 1.59 bits per heavy atom.